The van der Waals surface area contributed by atoms with Gasteiger partial charge < -0.3 is 46.0 Å². The van der Waals surface area contributed by atoms with Gasteiger partial charge in [0.05, 0.1) is 23.2 Å². The lowest BCUT2D eigenvalue weighted by molar-refractivity contribution is -0.156. The van der Waals surface area contributed by atoms with E-state index in [-0.39, 0.29) is 77.7 Å². The van der Waals surface area contributed by atoms with Crippen LogP contribution in [0.15, 0.2) is 33.8 Å². The molecule has 0 heterocycles. The summed E-state index contributed by atoms with van der Waals surface area (Å²) in [6.45, 7) is 10.7. The second kappa shape index (κ2) is 19.9. The molecule has 2 fully saturated rings. The topological polar surface area (TPSA) is 291 Å². The lowest BCUT2D eigenvalue weighted by atomic mass is 9.57. The van der Waals surface area contributed by atoms with Gasteiger partial charge in [0.1, 0.15) is 39.9 Å². The molecule has 6 aliphatic carbocycles. The summed E-state index contributed by atoms with van der Waals surface area (Å²) < 4.78 is 60.7. The summed E-state index contributed by atoms with van der Waals surface area (Å²) in [7, 11) is 5.89. The number of ketones is 5. The molecule has 0 aromatic heterocycles. The van der Waals surface area contributed by atoms with E-state index in [1.807, 2.05) is 34.6 Å². The number of carbonyl (C=O) groups is 6. The highest BCUT2D eigenvalue weighted by Crippen LogP contribution is 2.56. The van der Waals surface area contributed by atoms with Gasteiger partial charge in [-0.3, -0.25) is 33.8 Å². The van der Waals surface area contributed by atoms with E-state index < -0.39 is 167 Å². The van der Waals surface area contributed by atoms with Crippen molar-refractivity contribution in [2.45, 2.75) is 123 Å². The number of aliphatic hydroxyl groups excluding tert-OH is 4. The molecular formula is C55H64F4N2O15. The molecule has 0 unspecified atom stereocenters. The fourth-order valence-electron chi connectivity index (χ4n) is 12.5. The molecule has 8 atom stereocenters. The molecular weight excluding hydrogens is 1000 g/mol. The van der Waals surface area contributed by atoms with Crippen LogP contribution in [0.1, 0.15) is 107 Å². The first-order valence-electron chi connectivity index (χ1n) is 25.0. The number of rotatable bonds is 10. The molecule has 2 saturated carbocycles. The van der Waals surface area contributed by atoms with Gasteiger partial charge in [0.2, 0.25) is 11.6 Å². The minimum Gasteiger partial charge on any atom is -0.508 e. The Hall–Kier alpha value is -6.42. The zero-order valence-electron chi connectivity index (χ0n) is 43.8. The number of carboxylic acid groups (broad SMARTS) is 1. The van der Waals surface area contributed by atoms with Gasteiger partial charge in [-0.1, -0.05) is 34.6 Å². The third-order valence-electron chi connectivity index (χ3n) is 16.1. The van der Waals surface area contributed by atoms with Crippen molar-refractivity contribution in [3.05, 3.63) is 90.5 Å². The number of benzene rings is 2. The number of phenolic OH excluding ortho intramolecular Hbond substituents is 2. The quantitative estimate of drug-likeness (QED) is 0.0953. The van der Waals surface area contributed by atoms with Crippen LogP contribution in [0.3, 0.4) is 0 Å². The molecule has 0 spiro atoms. The number of aliphatic hydroxyl groups is 6. The molecule has 9 N–H and O–H groups in total. The van der Waals surface area contributed by atoms with Crippen molar-refractivity contribution in [2.75, 3.05) is 28.2 Å². The van der Waals surface area contributed by atoms with E-state index in [1.165, 1.54) is 38.0 Å². The third-order valence-corrected chi connectivity index (χ3v) is 16.1. The highest BCUT2D eigenvalue weighted by atomic mass is 19.2. The summed E-state index contributed by atoms with van der Waals surface area (Å²) in [6, 6.07) is -2.52. The van der Waals surface area contributed by atoms with Crippen LogP contribution in [-0.2, 0) is 54.5 Å². The summed E-state index contributed by atoms with van der Waals surface area (Å²) in [5, 5.41) is 98.7. The van der Waals surface area contributed by atoms with Gasteiger partial charge in [-0.05, 0) is 116 Å². The van der Waals surface area contributed by atoms with Crippen LogP contribution < -0.4 is 0 Å². The number of aliphatic carboxylic acids is 1. The smallest absolute Gasteiger partial charge is 0.342 e. The van der Waals surface area contributed by atoms with Gasteiger partial charge in [-0.25, -0.2) is 22.4 Å². The molecule has 76 heavy (non-hydrogen) atoms. The average molecular weight is 1070 g/mol. The first kappa shape index (κ1) is 57.3. The molecule has 0 radical (unpaired) electrons. The van der Waals surface area contributed by atoms with Crippen molar-refractivity contribution in [2.24, 2.45) is 35.0 Å². The molecule has 6 aliphatic rings. The third kappa shape index (κ3) is 8.70. The Bertz CT molecular complexity index is 3060. The summed E-state index contributed by atoms with van der Waals surface area (Å²) in [6.07, 6.45) is 0.382. The Kier molecular flexibility index (Phi) is 15.0. The lowest BCUT2D eigenvalue weighted by Gasteiger charge is -2.50. The van der Waals surface area contributed by atoms with Crippen LogP contribution in [0.25, 0.3) is 11.5 Å². The summed E-state index contributed by atoms with van der Waals surface area (Å²) in [4.78, 5) is 80.5. The molecule has 0 saturated heterocycles. The highest BCUT2D eigenvalue weighted by molar-refractivity contribution is 6.25. The molecule has 0 bridgehead atoms. The first-order chi connectivity index (χ1) is 35.1. The number of carboxylic acids is 1. The standard InChI is InChI=1S/C28H33F2NO8.C27H31F2NO7/c1-27(2,3)8-6-7-12-18(29)19(30)13-9-11-10-14-20(31(4)5)23(34)17(26(37)38)25(36)28(14,39)24(35)15(11)22(33)16(13)21(12)32;1-10(2)6-7-13-19(28)20(29)14-8-12-9-15-21(30(4)5)24(34)16(11(3)31)25(35)27(15,37)26(36)17(12)23(33)18(14)22(13)32/h11,14,20,32-33,36,39H,6-10H2,1-5H3,(H,37,38);10,12,15,21,32-33,35,37H,6-9H2,1-5H3/t11-,14-,20-,28-;12-,15-,21-,27+/m00/s1. The number of Topliss-reactive ketones (excluding diaryl/α,β-unsaturated/α-hetero) is 5. The average Bonchev–Trinajstić information content (AvgIpc) is 3.31. The minimum absolute atomic E-state index is 0.0103. The van der Waals surface area contributed by atoms with Crippen LogP contribution in [0.2, 0.25) is 0 Å². The molecule has 17 nitrogen and oxygen atoms in total. The summed E-state index contributed by atoms with van der Waals surface area (Å²) in [5.41, 5.74) is -10.6. The number of halogens is 4. The maximum absolute atomic E-state index is 15.4. The van der Waals surface area contributed by atoms with Crippen molar-refractivity contribution in [3.63, 3.8) is 0 Å². The molecule has 21 heteroatoms. The normalized spacial score (nSPS) is 27.3. The monoisotopic (exact) mass is 1070 g/mol. The number of nitrogens with zero attached hydrogens (tertiary/aromatic N) is 2. The van der Waals surface area contributed by atoms with Gasteiger partial charge in [0, 0.05) is 45.2 Å². The molecule has 0 amide bonds. The van der Waals surface area contributed by atoms with Gasteiger partial charge >= 0.3 is 5.97 Å². The SMILES string of the molecule is CC(=O)C1=C(O)[C@@]2(O)C(=O)C3=C(O)c4c(O)c(CCC(C)C)c(F)c(F)c4C[C@H]3C[C@H]2[C@H](N(C)C)C1=O.CN(C)[C@@H]1C(=O)C(C(=O)O)=C(O)[C@@]2(O)C(=O)C3=C(O)c4c(O)c(CCCC(C)(C)C)c(F)c(F)c4C[C@H]3C[C@@H]12. The van der Waals surface area contributed by atoms with Gasteiger partial charge in [-0.2, -0.15) is 0 Å². The predicted octanol–water partition coefficient (Wildman–Crippen LogP) is 6.14. The van der Waals surface area contributed by atoms with Crippen molar-refractivity contribution >= 4 is 46.4 Å². The van der Waals surface area contributed by atoms with Crippen LogP contribution in [0.4, 0.5) is 17.6 Å². The predicted molar refractivity (Wildman–Crippen MR) is 264 cm³/mol. The van der Waals surface area contributed by atoms with E-state index in [0.717, 1.165) is 6.92 Å². The van der Waals surface area contributed by atoms with Crippen LogP contribution in [0, 0.1) is 58.3 Å². The van der Waals surface area contributed by atoms with E-state index in [1.54, 1.807) is 0 Å². The maximum Gasteiger partial charge on any atom is 0.342 e. The van der Waals surface area contributed by atoms with Crippen molar-refractivity contribution in [1.82, 2.24) is 9.80 Å². The number of fused-ring (bicyclic) bond motifs is 6. The minimum atomic E-state index is -2.88. The zero-order chi connectivity index (χ0) is 57.1. The number of carbonyl (C=O) groups excluding carboxylic acids is 5. The number of aromatic hydroxyl groups is 2. The number of likely N-dealkylation sites (N-methyl/N-ethyl adjacent to an activating group) is 2. The second-order valence-electron chi connectivity index (χ2n) is 23.0. The number of hydrogen-bond acceptors (Lipinski definition) is 16. The van der Waals surface area contributed by atoms with Crippen LogP contribution in [-0.4, -0.2) is 142 Å². The lowest BCUT2D eigenvalue weighted by Crippen LogP contribution is -2.65. The van der Waals surface area contributed by atoms with Crippen molar-refractivity contribution in [1.29, 1.82) is 0 Å². The number of hydrogen-bond donors (Lipinski definition) is 9. The Balaban J connectivity index is 0.000000221. The van der Waals surface area contributed by atoms with Gasteiger partial charge in [0.15, 0.2) is 57.6 Å². The fraction of sp³-hybridized carbons (Fsp3) is 0.527. The largest absolute Gasteiger partial charge is 0.508 e. The molecule has 2 aromatic carbocycles. The molecule has 0 aliphatic heterocycles. The van der Waals surface area contributed by atoms with Gasteiger partial charge in [-0.15, -0.1) is 0 Å². The van der Waals surface area contributed by atoms with E-state index in [2.05, 4.69) is 0 Å². The van der Waals surface area contributed by atoms with E-state index in [9.17, 15) is 79.1 Å². The van der Waals surface area contributed by atoms with Gasteiger partial charge in [0.25, 0.3) is 0 Å². The highest BCUT2D eigenvalue weighted by Gasteiger charge is 2.66. The van der Waals surface area contributed by atoms with Crippen molar-refractivity contribution in [3.8, 4) is 11.5 Å². The first-order valence-corrected chi connectivity index (χ1v) is 25.0. The second-order valence-corrected chi connectivity index (χ2v) is 23.0. The Morgan fingerprint density at radius 1 is 0.645 bits per heavy atom. The summed E-state index contributed by atoms with van der Waals surface area (Å²) in [5.74, 6) is -21.8. The molecule has 412 valence electrons. The molecule has 8 rings (SSSR count). The van der Waals surface area contributed by atoms with E-state index >= 15 is 13.2 Å². The van der Waals surface area contributed by atoms with Crippen LogP contribution in [0.5, 0.6) is 11.5 Å². The Morgan fingerprint density at radius 3 is 1.38 bits per heavy atom. The van der Waals surface area contributed by atoms with E-state index in [4.69, 9.17) is 0 Å². The Labute approximate surface area is 435 Å². The van der Waals surface area contributed by atoms with Crippen molar-refractivity contribution < 1.29 is 92.3 Å². The zero-order valence-corrected chi connectivity index (χ0v) is 43.8. The Morgan fingerprint density at radius 2 is 1.03 bits per heavy atom. The van der Waals surface area contributed by atoms with Crippen LogP contribution >= 0.6 is 0 Å². The number of phenols is 2. The molecule has 2 aromatic rings. The maximum atomic E-state index is 15.4. The summed E-state index contributed by atoms with van der Waals surface area (Å²) >= 11 is 0. The fourth-order valence-corrected chi connectivity index (χ4v) is 12.5. The van der Waals surface area contributed by atoms with E-state index in [0.29, 0.717) is 19.3 Å².